The number of hydrogen-bond acceptors (Lipinski definition) is 3. The van der Waals surface area contributed by atoms with E-state index in [0.29, 0.717) is 25.5 Å². The predicted octanol–water partition coefficient (Wildman–Crippen LogP) is 0.657. The quantitative estimate of drug-likeness (QED) is 0.706. The lowest BCUT2D eigenvalue weighted by atomic mass is 9.98. The Morgan fingerprint density at radius 1 is 1.67 bits per heavy atom. The van der Waals surface area contributed by atoms with Crippen LogP contribution >= 0.6 is 0 Å². The third-order valence-corrected chi connectivity index (χ3v) is 3.04. The molecule has 4 nitrogen and oxygen atoms in total. The van der Waals surface area contributed by atoms with Crippen molar-refractivity contribution in [1.82, 2.24) is 5.32 Å². The molecule has 1 aliphatic heterocycles. The van der Waals surface area contributed by atoms with Crippen molar-refractivity contribution in [3.05, 3.63) is 0 Å². The fraction of sp³-hybridized carbons (Fsp3) is 0.909. The van der Waals surface area contributed by atoms with Gasteiger partial charge in [0.25, 0.3) is 0 Å². The van der Waals surface area contributed by atoms with Gasteiger partial charge in [0, 0.05) is 13.0 Å². The molecule has 1 aliphatic rings. The van der Waals surface area contributed by atoms with Gasteiger partial charge >= 0.3 is 0 Å². The van der Waals surface area contributed by atoms with Crippen molar-refractivity contribution < 1.29 is 9.53 Å². The van der Waals surface area contributed by atoms with Crippen molar-refractivity contribution in [1.29, 1.82) is 0 Å². The average Bonchev–Trinajstić information content (AvgIpc) is 2.61. The predicted molar refractivity (Wildman–Crippen MR) is 59.4 cm³/mol. The first-order chi connectivity index (χ1) is 7.09. The van der Waals surface area contributed by atoms with E-state index in [9.17, 15) is 4.79 Å². The molecule has 0 aromatic carbocycles. The molecule has 1 heterocycles. The van der Waals surface area contributed by atoms with E-state index in [1.807, 2.05) is 6.92 Å². The van der Waals surface area contributed by atoms with Gasteiger partial charge in [0.05, 0.1) is 12.1 Å². The molecular formula is C11H22N2O2. The molecule has 3 N–H and O–H groups in total. The Hall–Kier alpha value is -0.610. The zero-order chi connectivity index (χ0) is 11.3. The molecule has 0 saturated carbocycles. The highest BCUT2D eigenvalue weighted by Crippen LogP contribution is 2.18. The molecular weight excluding hydrogens is 192 g/mol. The summed E-state index contributed by atoms with van der Waals surface area (Å²) in [5.41, 5.74) is 5.41. The van der Waals surface area contributed by atoms with Gasteiger partial charge in [-0.3, -0.25) is 4.79 Å². The van der Waals surface area contributed by atoms with Crippen molar-refractivity contribution in [2.45, 2.75) is 38.6 Å². The monoisotopic (exact) mass is 214 g/mol. The normalized spacial score (nSPS) is 27.7. The third-order valence-electron chi connectivity index (χ3n) is 3.04. The summed E-state index contributed by atoms with van der Waals surface area (Å²) in [4.78, 5) is 11.7. The zero-order valence-corrected chi connectivity index (χ0v) is 9.71. The van der Waals surface area contributed by atoms with Gasteiger partial charge < -0.3 is 15.8 Å². The first-order valence-electron chi connectivity index (χ1n) is 5.68. The van der Waals surface area contributed by atoms with Crippen LogP contribution in [0.2, 0.25) is 0 Å². The Balaban J connectivity index is 2.34. The second kappa shape index (κ2) is 5.47. The first-order valence-corrected chi connectivity index (χ1v) is 5.68. The van der Waals surface area contributed by atoms with E-state index in [1.165, 1.54) is 0 Å². The van der Waals surface area contributed by atoms with Crippen LogP contribution in [0.5, 0.6) is 0 Å². The molecule has 0 aromatic heterocycles. The topological polar surface area (TPSA) is 64.4 Å². The van der Waals surface area contributed by atoms with Crippen molar-refractivity contribution in [3.63, 3.8) is 0 Å². The number of carbonyl (C=O) groups is 1. The SMILES string of the molecule is CCC(CN)CC(=O)NC1(C)CCOC1. The largest absolute Gasteiger partial charge is 0.379 e. The van der Waals surface area contributed by atoms with Crippen LogP contribution in [0.25, 0.3) is 0 Å². The van der Waals surface area contributed by atoms with E-state index in [-0.39, 0.29) is 11.4 Å². The second-order valence-corrected chi connectivity index (χ2v) is 4.63. The zero-order valence-electron chi connectivity index (χ0n) is 9.71. The maximum Gasteiger partial charge on any atom is 0.220 e. The lowest BCUT2D eigenvalue weighted by Gasteiger charge is -2.24. The Kier molecular flexibility index (Phi) is 4.54. The van der Waals surface area contributed by atoms with Gasteiger partial charge in [-0.1, -0.05) is 13.3 Å². The van der Waals surface area contributed by atoms with Crippen molar-refractivity contribution >= 4 is 5.91 Å². The van der Waals surface area contributed by atoms with Crippen LogP contribution in [0.1, 0.15) is 33.1 Å². The van der Waals surface area contributed by atoms with Gasteiger partial charge in [-0.2, -0.15) is 0 Å². The van der Waals surface area contributed by atoms with E-state index in [2.05, 4.69) is 12.2 Å². The number of rotatable bonds is 5. The molecule has 1 rings (SSSR count). The molecule has 2 unspecified atom stereocenters. The summed E-state index contributed by atoms with van der Waals surface area (Å²) in [7, 11) is 0. The number of carbonyl (C=O) groups excluding carboxylic acids is 1. The lowest BCUT2D eigenvalue weighted by Crippen LogP contribution is -2.47. The van der Waals surface area contributed by atoms with E-state index >= 15 is 0 Å². The van der Waals surface area contributed by atoms with Crippen LogP contribution in [0.3, 0.4) is 0 Å². The molecule has 1 amide bonds. The van der Waals surface area contributed by atoms with Gasteiger partial charge in [0.1, 0.15) is 0 Å². The lowest BCUT2D eigenvalue weighted by molar-refractivity contribution is -0.123. The van der Waals surface area contributed by atoms with Gasteiger partial charge in [-0.25, -0.2) is 0 Å². The molecule has 88 valence electrons. The molecule has 1 saturated heterocycles. The summed E-state index contributed by atoms with van der Waals surface area (Å²) < 4.78 is 5.28. The van der Waals surface area contributed by atoms with E-state index in [0.717, 1.165) is 19.4 Å². The second-order valence-electron chi connectivity index (χ2n) is 4.63. The van der Waals surface area contributed by atoms with E-state index in [4.69, 9.17) is 10.5 Å². The molecule has 0 spiro atoms. The molecule has 1 fully saturated rings. The van der Waals surface area contributed by atoms with Gasteiger partial charge in [0.2, 0.25) is 5.91 Å². The summed E-state index contributed by atoms with van der Waals surface area (Å²) in [6.45, 7) is 6.03. The van der Waals surface area contributed by atoms with E-state index in [1.54, 1.807) is 0 Å². The molecule has 15 heavy (non-hydrogen) atoms. The summed E-state index contributed by atoms with van der Waals surface area (Å²) in [5, 5.41) is 3.03. The number of nitrogens with two attached hydrogens (primary N) is 1. The standard InChI is InChI=1S/C11H22N2O2/c1-3-9(7-12)6-10(14)13-11(2)4-5-15-8-11/h9H,3-8,12H2,1-2H3,(H,13,14). The fourth-order valence-electron chi connectivity index (χ4n) is 1.81. The molecule has 0 aromatic rings. The minimum atomic E-state index is -0.163. The highest BCUT2D eigenvalue weighted by Gasteiger charge is 2.31. The molecule has 4 heteroatoms. The van der Waals surface area contributed by atoms with Crippen molar-refractivity contribution in [3.8, 4) is 0 Å². The van der Waals surface area contributed by atoms with Crippen LogP contribution in [0.15, 0.2) is 0 Å². The maximum absolute atomic E-state index is 11.7. The Morgan fingerprint density at radius 3 is 2.87 bits per heavy atom. The number of hydrogen-bond donors (Lipinski definition) is 2. The van der Waals surface area contributed by atoms with Crippen LogP contribution < -0.4 is 11.1 Å². The minimum absolute atomic E-state index is 0.0975. The fourth-order valence-corrected chi connectivity index (χ4v) is 1.81. The van der Waals surface area contributed by atoms with Crippen molar-refractivity contribution in [2.75, 3.05) is 19.8 Å². The Labute approximate surface area is 91.5 Å². The van der Waals surface area contributed by atoms with Crippen LogP contribution in [-0.4, -0.2) is 31.2 Å². The smallest absolute Gasteiger partial charge is 0.220 e. The van der Waals surface area contributed by atoms with Crippen LogP contribution in [0, 0.1) is 5.92 Å². The van der Waals surface area contributed by atoms with Crippen molar-refractivity contribution in [2.24, 2.45) is 11.7 Å². The Morgan fingerprint density at radius 2 is 2.40 bits per heavy atom. The number of ether oxygens (including phenoxy) is 1. The molecule has 0 aliphatic carbocycles. The minimum Gasteiger partial charge on any atom is -0.379 e. The van der Waals surface area contributed by atoms with Crippen LogP contribution in [-0.2, 0) is 9.53 Å². The average molecular weight is 214 g/mol. The first kappa shape index (κ1) is 12.5. The number of nitrogens with one attached hydrogen (secondary N) is 1. The molecule has 2 atom stereocenters. The van der Waals surface area contributed by atoms with Crippen LogP contribution in [0.4, 0.5) is 0 Å². The summed E-state index contributed by atoms with van der Waals surface area (Å²) in [5.74, 6) is 0.399. The third kappa shape index (κ3) is 3.80. The highest BCUT2D eigenvalue weighted by molar-refractivity contribution is 5.77. The maximum atomic E-state index is 11.7. The number of amides is 1. The van der Waals surface area contributed by atoms with Gasteiger partial charge in [-0.05, 0) is 25.8 Å². The summed E-state index contributed by atoms with van der Waals surface area (Å²) in [6.07, 6.45) is 2.39. The van der Waals surface area contributed by atoms with Gasteiger partial charge in [-0.15, -0.1) is 0 Å². The molecule has 0 bridgehead atoms. The summed E-state index contributed by atoms with van der Waals surface area (Å²) in [6, 6.07) is 0. The van der Waals surface area contributed by atoms with Gasteiger partial charge in [0.15, 0.2) is 0 Å². The molecule has 0 radical (unpaired) electrons. The summed E-state index contributed by atoms with van der Waals surface area (Å²) >= 11 is 0. The Bertz CT molecular complexity index is 209. The van der Waals surface area contributed by atoms with E-state index < -0.39 is 0 Å². The highest BCUT2D eigenvalue weighted by atomic mass is 16.5.